The van der Waals surface area contributed by atoms with Crippen LogP contribution in [0, 0.1) is 0 Å². The summed E-state index contributed by atoms with van der Waals surface area (Å²) in [6.45, 7) is 3.77. The number of nitrogens with zero attached hydrogens (tertiary/aromatic N) is 1. The highest BCUT2D eigenvalue weighted by atomic mass is 32.2. The van der Waals surface area contributed by atoms with Crippen molar-refractivity contribution >= 4 is 15.9 Å². The zero-order valence-corrected chi connectivity index (χ0v) is 19.8. The van der Waals surface area contributed by atoms with Gasteiger partial charge >= 0.3 is 0 Å². The van der Waals surface area contributed by atoms with Crippen molar-refractivity contribution in [1.82, 2.24) is 9.62 Å². The average Bonchev–Trinajstić information content (AvgIpc) is 3.23. The quantitative estimate of drug-likeness (QED) is 0.491. The molecule has 0 radical (unpaired) electrons. The zero-order valence-electron chi connectivity index (χ0n) is 19.0. The molecule has 33 heavy (non-hydrogen) atoms. The number of likely N-dealkylation sites (tertiary alicyclic amines) is 1. The summed E-state index contributed by atoms with van der Waals surface area (Å²) in [7, 11) is -3.60. The largest absolute Gasteiger partial charge is 0.338 e. The van der Waals surface area contributed by atoms with Gasteiger partial charge in [0.25, 0.3) is 0 Å². The van der Waals surface area contributed by atoms with Gasteiger partial charge in [0.1, 0.15) is 0 Å². The summed E-state index contributed by atoms with van der Waals surface area (Å²) in [4.78, 5) is 14.1. The molecule has 0 unspecified atom stereocenters. The lowest BCUT2D eigenvalue weighted by molar-refractivity contribution is -0.128. The fourth-order valence-corrected chi connectivity index (χ4v) is 5.22. The van der Waals surface area contributed by atoms with E-state index in [0.717, 1.165) is 53.6 Å². The number of hydrogen-bond donors (Lipinski definition) is 1. The summed E-state index contributed by atoms with van der Waals surface area (Å²) in [6.07, 6.45) is 3.54. The van der Waals surface area contributed by atoms with Crippen molar-refractivity contribution in [1.29, 1.82) is 0 Å². The van der Waals surface area contributed by atoms with Crippen LogP contribution >= 0.6 is 0 Å². The number of hydrogen-bond acceptors (Lipinski definition) is 3. The number of rotatable bonds is 9. The van der Waals surface area contributed by atoms with Crippen molar-refractivity contribution in [3.8, 4) is 11.1 Å². The Morgan fingerprint density at radius 2 is 1.61 bits per heavy atom. The first-order chi connectivity index (χ1) is 16.0. The van der Waals surface area contributed by atoms with Gasteiger partial charge in [0, 0.05) is 26.1 Å². The lowest BCUT2D eigenvalue weighted by Crippen LogP contribution is -2.23. The number of benzene rings is 3. The van der Waals surface area contributed by atoms with Crippen molar-refractivity contribution in [3.05, 3.63) is 89.5 Å². The monoisotopic (exact) mass is 462 g/mol. The maximum absolute atomic E-state index is 12.8. The van der Waals surface area contributed by atoms with Crippen molar-refractivity contribution in [2.24, 2.45) is 0 Å². The Morgan fingerprint density at radius 3 is 2.27 bits per heavy atom. The Labute approximate surface area is 196 Å². The van der Waals surface area contributed by atoms with Crippen LogP contribution < -0.4 is 4.72 Å². The molecule has 1 amide bonds. The van der Waals surface area contributed by atoms with Gasteiger partial charge in [0.05, 0.1) is 4.90 Å². The second kappa shape index (κ2) is 10.3. The number of nitrogens with one attached hydrogen (secondary N) is 1. The summed E-state index contributed by atoms with van der Waals surface area (Å²) >= 11 is 0. The Hall–Kier alpha value is -2.96. The zero-order chi connectivity index (χ0) is 23.3. The molecule has 6 heteroatoms. The van der Waals surface area contributed by atoms with Crippen molar-refractivity contribution in [2.45, 2.75) is 50.6 Å². The number of aryl methyl sites for hydroxylation is 1. The van der Waals surface area contributed by atoms with Gasteiger partial charge in [-0.05, 0) is 52.8 Å². The van der Waals surface area contributed by atoms with Crippen molar-refractivity contribution in [3.63, 3.8) is 0 Å². The van der Waals surface area contributed by atoms with Crippen LogP contribution in [0.2, 0.25) is 0 Å². The van der Waals surface area contributed by atoms with Crippen molar-refractivity contribution in [2.75, 3.05) is 6.54 Å². The molecule has 1 aliphatic rings. The third-order valence-electron chi connectivity index (χ3n) is 6.05. The molecule has 1 heterocycles. The molecule has 1 aliphatic heterocycles. The Bertz CT molecular complexity index is 1200. The summed E-state index contributed by atoms with van der Waals surface area (Å²) in [6, 6.07) is 23.1. The van der Waals surface area contributed by atoms with Crippen LogP contribution in [0.1, 0.15) is 42.9 Å². The molecule has 4 rings (SSSR count). The fraction of sp³-hybridized carbons (Fsp3) is 0.296. The minimum absolute atomic E-state index is 0.208. The predicted octanol–water partition coefficient (Wildman–Crippen LogP) is 4.91. The average molecular weight is 463 g/mol. The molecular weight excluding hydrogens is 432 g/mol. The van der Waals surface area contributed by atoms with Gasteiger partial charge in [0.15, 0.2) is 0 Å². The van der Waals surface area contributed by atoms with Crippen LogP contribution in [0.5, 0.6) is 0 Å². The summed E-state index contributed by atoms with van der Waals surface area (Å²) in [5.74, 6) is 0.219. The summed E-state index contributed by atoms with van der Waals surface area (Å²) in [5.41, 5.74) is 5.15. The van der Waals surface area contributed by atoms with Crippen LogP contribution in [0.15, 0.2) is 77.7 Å². The molecule has 172 valence electrons. The molecule has 0 bridgehead atoms. The smallest absolute Gasteiger partial charge is 0.240 e. The van der Waals surface area contributed by atoms with Gasteiger partial charge in [-0.2, -0.15) is 0 Å². The van der Waals surface area contributed by atoms with E-state index in [1.54, 1.807) is 12.1 Å². The minimum atomic E-state index is -3.60. The van der Waals surface area contributed by atoms with E-state index in [4.69, 9.17) is 0 Å². The Balaban J connectivity index is 1.46. The van der Waals surface area contributed by atoms with E-state index in [0.29, 0.717) is 13.0 Å². The first-order valence-electron chi connectivity index (χ1n) is 11.5. The molecule has 0 atom stereocenters. The van der Waals surface area contributed by atoms with E-state index in [1.165, 1.54) is 0 Å². The number of carbonyl (C=O) groups excluding carboxylic acids is 1. The molecule has 0 saturated carbocycles. The van der Waals surface area contributed by atoms with Crippen LogP contribution in [0.4, 0.5) is 0 Å². The second-order valence-corrected chi connectivity index (χ2v) is 10.3. The standard InChI is InChI=1S/C27H30N2O3S/c1-2-6-21-12-16-25(17-13-21)33(31,32)28-19-24-7-3-4-8-26(24)23-14-10-22(11-15-23)20-29-18-5-9-27(29)30/h3-4,7-8,10-17,28H,2,5-6,9,18-20H2,1H3. The number of carbonyl (C=O) groups is 1. The topological polar surface area (TPSA) is 66.5 Å². The summed E-state index contributed by atoms with van der Waals surface area (Å²) in [5, 5.41) is 0. The fourth-order valence-electron chi connectivity index (χ4n) is 4.22. The van der Waals surface area contributed by atoms with E-state index < -0.39 is 10.0 Å². The van der Waals surface area contributed by atoms with Gasteiger partial charge in [-0.25, -0.2) is 13.1 Å². The van der Waals surface area contributed by atoms with Gasteiger partial charge in [-0.15, -0.1) is 0 Å². The van der Waals surface area contributed by atoms with Gasteiger partial charge in [0.2, 0.25) is 15.9 Å². The van der Waals surface area contributed by atoms with Crippen LogP contribution in [0.3, 0.4) is 0 Å². The molecule has 0 aliphatic carbocycles. The molecule has 3 aromatic rings. The Morgan fingerprint density at radius 1 is 0.909 bits per heavy atom. The molecule has 1 fully saturated rings. The van der Waals surface area contributed by atoms with Gasteiger partial charge in [-0.3, -0.25) is 4.79 Å². The van der Waals surface area contributed by atoms with Gasteiger partial charge in [-0.1, -0.05) is 74.0 Å². The van der Waals surface area contributed by atoms with Crippen LogP contribution in [0.25, 0.3) is 11.1 Å². The number of sulfonamides is 1. The number of amides is 1. The highest BCUT2D eigenvalue weighted by molar-refractivity contribution is 7.89. The first-order valence-corrected chi connectivity index (χ1v) is 13.0. The lowest BCUT2D eigenvalue weighted by Gasteiger charge is -2.16. The normalized spacial score (nSPS) is 14.1. The van der Waals surface area contributed by atoms with E-state index in [9.17, 15) is 13.2 Å². The second-order valence-electron chi connectivity index (χ2n) is 8.49. The molecule has 1 N–H and O–H groups in total. The van der Waals surface area contributed by atoms with Crippen molar-refractivity contribution < 1.29 is 13.2 Å². The third-order valence-corrected chi connectivity index (χ3v) is 7.47. The first kappa shape index (κ1) is 23.2. The van der Waals surface area contributed by atoms with E-state index in [1.807, 2.05) is 65.6 Å². The lowest BCUT2D eigenvalue weighted by atomic mass is 9.98. The van der Waals surface area contributed by atoms with E-state index in [2.05, 4.69) is 11.6 Å². The molecule has 5 nitrogen and oxygen atoms in total. The highest BCUT2D eigenvalue weighted by Crippen LogP contribution is 2.25. The molecule has 1 saturated heterocycles. The maximum Gasteiger partial charge on any atom is 0.240 e. The van der Waals surface area contributed by atoms with Crippen LogP contribution in [-0.2, 0) is 34.3 Å². The molecule has 0 spiro atoms. The van der Waals surface area contributed by atoms with E-state index >= 15 is 0 Å². The van der Waals surface area contributed by atoms with Crippen LogP contribution in [-0.4, -0.2) is 25.8 Å². The molecular formula is C27H30N2O3S. The predicted molar refractivity (Wildman–Crippen MR) is 131 cm³/mol. The minimum Gasteiger partial charge on any atom is -0.338 e. The highest BCUT2D eigenvalue weighted by Gasteiger charge is 2.20. The molecule has 3 aromatic carbocycles. The Kier molecular flexibility index (Phi) is 7.26. The molecule has 0 aromatic heterocycles. The SMILES string of the molecule is CCCc1ccc(S(=O)(=O)NCc2ccccc2-c2ccc(CN3CCCC3=O)cc2)cc1. The maximum atomic E-state index is 12.8. The third kappa shape index (κ3) is 5.70. The van der Waals surface area contributed by atoms with E-state index in [-0.39, 0.29) is 17.3 Å². The summed E-state index contributed by atoms with van der Waals surface area (Å²) < 4.78 is 28.4. The van der Waals surface area contributed by atoms with Gasteiger partial charge < -0.3 is 4.90 Å².